The molecule has 1 heterocycles. The van der Waals surface area contributed by atoms with Crippen molar-refractivity contribution in [1.82, 2.24) is 14.9 Å². The molecule has 1 saturated heterocycles. The monoisotopic (exact) mass is 303 g/mol. The summed E-state index contributed by atoms with van der Waals surface area (Å²) in [5.74, 6) is 0.614. The SMILES string of the molecule is CN(CCNS(=O)(=O)CC1CCNCC1)C1CCCC1. The number of sulfonamides is 1. The molecule has 1 saturated carbocycles. The van der Waals surface area contributed by atoms with E-state index in [-0.39, 0.29) is 0 Å². The second kappa shape index (κ2) is 7.73. The Morgan fingerprint density at radius 3 is 2.45 bits per heavy atom. The summed E-state index contributed by atoms with van der Waals surface area (Å²) in [5, 5.41) is 3.27. The van der Waals surface area contributed by atoms with Crippen LogP contribution in [0.3, 0.4) is 0 Å². The predicted molar refractivity (Wildman–Crippen MR) is 82.3 cm³/mol. The van der Waals surface area contributed by atoms with Crippen molar-refractivity contribution in [3.63, 3.8) is 0 Å². The molecule has 2 fully saturated rings. The quantitative estimate of drug-likeness (QED) is 0.730. The number of piperidine rings is 1. The lowest BCUT2D eigenvalue weighted by molar-refractivity contribution is 0.249. The fraction of sp³-hybridized carbons (Fsp3) is 1.00. The van der Waals surface area contributed by atoms with Crippen LogP contribution in [0.1, 0.15) is 38.5 Å². The topological polar surface area (TPSA) is 61.4 Å². The smallest absolute Gasteiger partial charge is 0.211 e. The summed E-state index contributed by atoms with van der Waals surface area (Å²) >= 11 is 0. The average molecular weight is 303 g/mol. The lowest BCUT2D eigenvalue weighted by Gasteiger charge is -2.25. The van der Waals surface area contributed by atoms with Gasteiger partial charge in [0, 0.05) is 19.1 Å². The molecular weight excluding hydrogens is 274 g/mol. The van der Waals surface area contributed by atoms with E-state index in [2.05, 4.69) is 22.0 Å². The van der Waals surface area contributed by atoms with E-state index in [1.807, 2.05) is 0 Å². The highest BCUT2D eigenvalue weighted by Gasteiger charge is 2.22. The summed E-state index contributed by atoms with van der Waals surface area (Å²) in [6.45, 7) is 3.26. The van der Waals surface area contributed by atoms with Crippen LogP contribution >= 0.6 is 0 Å². The third kappa shape index (κ3) is 5.31. The molecule has 0 unspecified atom stereocenters. The van der Waals surface area contributed by atoms with Crippen molar-refractivity contribution < 1.29 is 8.42 Å². The maximum Gasteiger partial charge on any atom is 0.211 e. The van der Waals surface area contributed by atoms with Gasteiger partial charge < -0.3 is 10.2 Å². The van der Waals surface area contributed by atoms with E-state index >= 15 is 0 Å². The summed E-state index contributed by atoms with van der Waals surface area (Å²) < 4.78 is 26.9. The average Bonchev–Trinajstić information content (AvgIpc) is 2.93. The van der Waals surface area contributed by atoms with Crippen molar-refractivity contribution in [3.05, 3.63) is 0 Å². The zero-order valence-corrected chi connectivity index (χ0v) is 13.4. The molecule has 0 amide bonds. The molecule has 2 aliphatic rings. The third-order valence-corrected chi connectivity index (χ3v) is 6.20. The van der Waals surface area contributed by atoms with E-state index < -0.39 is 10.0 Å². The van der Waals surface area contributed by atoms with Gasteiger partial charge in [0.15, 0.2) is 0 Å². The van der Waals surface area contributed by atoms with Crippen LogP contribution in [0, 0.1) is 5.92 Å². The molecule has 2 N–H and O–H groups in total. The third-order valence-electron chi connectivity index (χ3n) is 4.65. The van der Waals surface area contributed by atoms with Gasteiger partial charge >= 0.3 is 0 Å². The lowest BCUT2D eigenvalue weighted by atomic mass is 10.0. The number of hydrogen-bond donors (Lipinski definition) is 2. The van der Waals surface area contributed by atoms with Gasteiger partial charge in [-0.3, -0.25) is 0 Å². The highest BCUT2D eigenvalue weighted by molar-refractivity contribution is 7.89. The Hall–Kier alpha value is -0.170. The summed E-state index contributed by atoms with van der Waals surface area (Å²) in [4.78, 5) is 2.31. The number of hydrogen-bond acceptors (Lipinski definition) is 4. The fourth-order valence-electron chi connectivity index (χ4n) is 3.32. The zero-order valence-electron chi connectivity index (χ0n) is 12.6. The Labute approximate surface area is 123 Å². The van der Waals surface area contributed by atoms with E-state index in [0.29, 0.717) is 24.3 Å². The van der Waals surface area contributed by atoms with Crippen molar-refractivity contribution in [3.8, 4) is 0 Å². The maximum absolute atomic E-state index is 12.1. The molecule has 0 aromatic rings. The minimum absolute atomic E-state index is 0.293. The molecule has 6 heteroatoms. The molecule has 5 nitrogen and oxygen atoms in total. The molecule has 20 heavy (non-hydrogen) atoms. The number of likely N-dealkylation sites (N-methyl/N-ethyl adjacent to an activating group) is 1. The molecule has 0 spiro atoms. The van der Waals surface area contributed by atoms with Gasteiger partial charge in [-0.05, 0) is 51.7 Å². The van der Waals surface area contributed by atoms with Crippen LogP contribution in [0.4, 0.5) is 0 Å². The molecular formula is C14H29N3O2S. The molecule has 118 valence electrons. The lowest BCUT2D eigenvalue weighted by Crippen LogP contribution is -2.40. The first-order valence-electron chi connectivity index (χ1n) is 7.95. The highest BCUT2D eigenvalue weighted by Crippen LogP contribution is 2.21. The van der Waals surface area contributed by atoms with Gasteiger partial charge in [0.25, 0.3) is 0 Å². The van der Waals surface area contributed by atoms with Crippen LogP contribution in [0.25, 0.3) is 0 Å². The zero-order chi connectivity index (χ0) is 14.4. The molecule has 0 atom stereocenters. The second-order valence-corrected chi connectivity index (χ2v) is 8.14. The van der Waals surface area contributed by atoms with E-state index in [4.69, 9.17) is 0 Å². The largest absolute Gasteiger partial charge is 0.317 e. The van der Waals surface area contributed by atoms with Gasteiger partial charge in [-0.2, -0.15) is 0 Å². The van der Waals surface area contributed by atoms with Crippen molar-refractivity contribution in [2.45, 2.75) is 44.6 Å². The molecule has 1 aliphatic heterocycles. The predicted octanol–water partition coefficient (Wildman–Crippen LogP) is 0.780. The first kappa shape index (κ1) is 16.2. The Bertz CT molecular complexity index is 374. The van der Waals surface area contributed by atoms with E-state index in [1.54, 1.807) is 0 Å². The van der Waals surface area contributed by atoms with Crippen LogP contribution < -0.4 is 10.0 Å². The number of rotatable bonds is 7. The minimum atomic E-state index is -3.10. The van der Waals surface area contributed by atoms with Crippen molar-refractivity contribution in [1.29, 1.82) is 0 Å². The molecule has 0 bridgehead atoms. The summed E-state index contributed by atoms with van der Waals surface area (Å²) in [6.07, 6.45) is 7.11. The van der Waals surface area contributed by atoms with Gasteiger partial charge in [-0.25, -0.2) is 13.1 Å². The Balaban J connectivity index is 1.66. The van der Waals surface area contributed by atoms with E-state index in [1.165, 1.54) is 25.7 Å². The molecule has 0 aromatic carbocycles. The van der Waals surface area contributed by atoms with Crippen LogP contribution in [-0.4, -0.2) is 58.3 Å². The van der Waals surface area contributed by atoms with Crippen molar-refractivity contribution in [2.24, 2.45) is 5.92 Å². The fourth-order valence-corrected chi connectivity index (χ4v) is 4.80. The van der Waals surface area contributed by atoms with Gasteiger partial charge in [-0.15, -0.1) is 0 Å². The van der Waals surface area contributed by atoms with Crippen LogP contribution in [0.5, 0.6) is 0 Å². The van der Waals surface area contributed by atoms with Crippen LogP contribution in [-0.2, 0) is 10.0 Å². The summed E-state index contributed by atoms with van der Waals surface area (Å²) in [5.41, 5.74) is 0. The number of nitrogens with zero attached hydrogens (tertiary/aromatic N) is 1. The standard InChI is InChI=1S/C14H29N3O2S/c1-17(14-4-2-3-5-14)11-10-16-20(18,19)12-13-6-8-15-9-7-13/h13-16H,2-12H2,1H3. The Morgan fingerprint density at radius 2 is 1.80 bits per heavy atom. The molecule has 0 radical (unpaired) electrons. The first-order chi connectivity index (χ1) is 9.57. The number of nitrogens with one attached hydrogen (secondary N) is 2. The molecule has 2 rings (SSSR count). The van der Waals surface area contributed by atoms with Gasteiger partial charge in [0.1, 0.15) is 0 Å². The van der Waals surface area contributed by atoms with E-state index in [0.717, 1.165) is 32.5 Å². The highest BCUT2D eigenvalue weighted by atomic mass is 32.2. The van der Waals surface area contributed by atoms with Gasteiger partial charge in [0.2, 0.25) is 10.0 Å². The van der Waals surface area contributed by atoms with E-state index in [9.17, 15) is 8.42 Å². The first-order valence-corrected chi connectivity index (χ1v) is 9.60. The van der Waals surface area contributed by atoms with Crippen molar-refractivity contribution in [2.75, 3.05) is 39.0 Å². The molecule has 0 aromatic heterocycles. The van der Waals surface area contributed by atoms with Crippen molar-refractivity contribution >= 4 is 10.0 Å². The maximum atomic E-state index is 12.1. The summed E-state index contributed by atoms with van der Waals surface area (Å²) in [6, 6.07) is 0.656. The molecule has 1 aliphatic carbocycles. The van der Waals surface area contributed by atoms with Gasteiger partial charge in [0.05, 0.1) is 5.75 Å². The van der Waals surface area contributed by atoms with Crippen LogP contribution in [0.15, 0.2) is 0 Å². The second-order valence-electron chi connectivity index (χ2n) is 6.29. The summed E-state index contributed by atoms with van der Waals surface area (Å²) in [7, 11) is -0.997. The van der Waals surface area contributed by atoms with Gasteiger partial charge in [-0.1, -0.05) is 12.8 Å². The Kier molecular flexibility index (Phi) is 6.26. The Morgan fingerprint density at radius 1 is 1.15 bits per heavy atom. The van der Waals surface area contributed by atoms with Crippen LogP contribution in [0.2, 0.25) is 0 Å². The minimum Gasteiger partial charge on any atom is -0.317 e. The normalized spacial score (nSPS) is 22.7.